The molecular weight excluding hydrogens is 324 g/mol. The summed E-state index contributed by atoms with van der Waals surface area (Å²) in [6.45, 7) is 3.90. The molecule has 1 aliphatic rings. The summed E-state index contributed by atoms with van der Waals surface area (Å²) >= 11 is 3.46. The minimum absolute atomic E-state index is 0.390. The minimum Gasteiger partial charge on any atom is -0.495 e. The molecule has 1 aliphatic heterocycles. The first-order valence-corrected chi connectivity index (χ1v) is 7.25. The van der Waals surface area contributed by atoms with E-state index in [4.69, 9.17) is 9.47 Å². The highest BCUT2D eigenvalue weighted by molar-refractivity contribution is 9.10. The number of carbonyl (C=O) groups is 1. The van der Waals surface area contributed by atoms with Gasteiger partial charge in [-0.2, -0.15) is 0 Å². The first kappa shape index (κ1) is 15.1. The van der Waals surface area contributed by atoms with Crippen molar-refractivity contribution in [3.8, 4) is 5.75 Å². The van der Waals surface area contributed by atoms with Crippen molar-refractivity contribution in [3.63, 3.8) is 0 Å². The summed E-state index contributed by atoms with van der Waals surface area (Å²) in [4.78, 5) is 16.4. The van der Waals surface area contributed by atoms with Gasteiger partial charge in [0.2, 0.25) is 0 Å². The van der Waals surface area contributed by atoms with Gasteiger partial charge in [-0.05, 0) is 35.1 Å². The Morgan fingerprint density at radius 1 is 1.20 bits per heavy atom. The van der Waals surface area contributed by atoms with E-state index in [1.807, 2.05) is 12.1 Å². The second-order valence-corrected chi connectivity index (χ2v) is 5.64. The topological polar surface area (TPSA) is 42.0 Å². The molecule has 1 saturated heterocycles. The number of rotatable bonds is 3. The van der Waals surface area contributed by atoms with Gasteiger partial charge in [0, 0.05) is 31.9 Å². The maximum Gasteiger partial charge on any atom is 0.341 e. The lowest BCUT2D eigenvalue weighted by Crippen LogP contribution is -2.44. The number of hydrogen-bond donors (Lipinski definition) is 0. The molecule has 0 saturated carbocycles. The van der Waals surface area contributed by atoms with Crippen LogP contribution in [0.3, 0.4) is 0 Å². The van der Waals surface area contributed by atoms with Crippen LogP contribution in [0.2, 0.25) is 0 Å². The summed E-state index contributed by atoms with van der Waals surface area (Å²) in [5.41, 5.74) is 1.45. The zero-order valence-electron chi connectivity index (χ0n) is 12.0. The molecule has 0 unspecified atom stereocenters. The number of halogens is 1. The van der Waals surface area contributed by atoms with Crippen LogP contribution in [0.25, 0.3) is 0 Å². The number of ether oxygens (including phenoxy) is 2. The van der Waals surface area contributed by atoms with E-state index in [1.54, 1.807) is 7.11 Å². The van der Waals surface area contributed by atoms with Gasteiger partial charge in [-0.25, -0.2) is 4.79 Å². The zero-order chi connectivity index (χ0) is 14.7. The van der Waals surface area contributed by atoms with Gasteiger partial charge < -0.3 is 19.3 Å². The maximum absolute atomic E-state index is 11.9. The molecule has 2 rings (SSSR count). The molecule has 1 aromatic rings. The number of hydrogen-bond acceptors (Lipinski definition) is 5. The molecular formula is C14H19BrN2O3. The lowest BCUT2D eigenvalue weighted by molar-refractivity contribution is 0.0597. The van der Waals surface area contributed by atoms with Crippen molar-refractivity contribution in [3.05, 3.63) is 22.2 Å². The number of esters is 1. The van der Waals surface area contributed by atoms with Crippen molar-refractivity contribution in [2.24, 2.45) is 0 Å². The van der Waals surface area contributed by atoms with E-state index in [0.29, 0.717) is 11.3 Å². The highest BCUT2D eigenvalue weighted by Gasteiger charge is 2.21. The quantitative estimate of drug-likeness (QED) is 0.786. The second kappa shape index (κ2) is 6.45. The van der Waals surface area contributed by atoms with E-state index in [2.05, 4.69) is 32.8 Å². The molecule has 1 heterocycles. The number of piperazine rings is 1. The number of nitrogens with zero attached hydrogens (tertiary/aromatic N) is 2. The van der Waals surface area contributed by atoms with E-state index in [1.165, 1.54) is 7.11 Å². The molecule has 0 atom stereocenters. The molecule has 6 heteroatoms. The van der Waals surface area contributed by atoms with Gasteiger partial charge in [0.25, 0.3) is 0 Å². The fraction of sp³-hybridized carbons (Fsp3) is 0.500. The highest BCUT2D eigenvalue weighted by Crippen LogP contribution is 2.34. The third-order valence-corrected chi connectivity index (χ3v) is 4.10. The molecule has 110 valence electrons. The number of likely N-dealkylation sites (N-methyl/N-ethyl adjacent to an activating group) is 1. The van der Waals surface area contributed by atoms with E-state index in [-0.39, 0.29) is 0 Å². The van der Waals surface area contributed by atoms with Crippen molar-refractivity contribution in [2.45, 2.75) is 0 Å². The lowest BCUT2D eigenvalue weighted by atomic mass is 10.1. The zero-order valence-corrected chi connectivity index (χ0v) is 13.6. The Kier molecular flexibility index (Phi) is 4.88. The van der Waals surface area contributed by atoms with Gasteiger partial charge in [0.05, 0.1) is 18.7 Å². The first-order valence-electron chi connectivity index (χ1n) is 6.46. The van der Waals surface area contributed by atoms with Gasteiger partial charge in [-0.3, -0.25) is 0 Å². The molecule has 1 aromatic carbocycles. The van der Waals surface area contributed by atoms with Crippen molar-refractivity contribution < 1.29 is 14.3 Å². The molecule has 0 radical (unpaired) electrons. The third kappa shape index (κ3) is 3.07. The van der Waals surface area contributed by atoms with E-state index in [9.17, 15) is 4.79 Å². The Balaban J connectivity index is 2.35. The number of anilines is 1. The van der Waals surface area contributed by atoms with Crippen LogP contribution in [0.1, 0.15) is 10.4 Å². The molecule has 0 N–H and O–H groups in total. The molecule has 20 heavy (non-hydrogen) atoms. The third-order valence-electron chi connectivity index (χ3n) is 3.51. The standard InChI is InChI=1S/C14H19BrN2O3/c1-16-4-6-17(7-5-16)10-8-11(14(18)20-3)13(19-2)12(15)9-10/h8-9H,4-7H2,1-3H3. The average molecular weight is 343 g/mol. The molecule has 5 nitrogen and oxygen atoms in total. The predicted octanol–water partition coefficient (Wildman–Crippen LogP) is 2.00. The fourth-order valence-electron chi connectivity index (χ4n) is 2.30. The van der Waals surface area contributed by atoms with Crippen molar-refractivity contribution in [1.29, 1.82) is 0 Å². The van der Waals surface area contributed by atoms with Crippen LogP contribution >= 0.6 is 15.9 Å². The fourth-order valence-corrected chi connectivity index (χ4v) is 2.91. The van der Waals surface area contributed by atoms with Gasteiger partial charge in [-0.15, -0.1) is 0 Å². The molecule has 0 aliphatic carbocycles. The summed E-state index contributed by atoms with van der Waals surface area (Å²) in [7, 11) is 5.03. The van der Waals surface area contributed by atoms with Gasteiger partial charge in [0.1, 0.15) is 11.3 Å². The Labute approximate surface area is 127 Å². The second-order valence-electron chi connectivity index (χ2n) is 4.79. The number of methoxy groups -OCH3 is 2. The molecule has 1 fully saturated rings. The molecule has 0 aromatic heterocycles. The lowest BCUT2D eigenvalue weighted by Gasteiger charge is -2.34. The Morgan fingerprint density at radius 2 is 1.85 bits per heavy atom. The van der Waals surface area contributed by atoms with Crippen LogP contribution in [-0.4, -0.2) is 58.3 Å². The van der Waals surface area contributed by atoms with Crippen LogP contribution < -0.4 is 9.64 Å². The van der Waals surface area contributed by atoms with Crippen LogP contribution in [0.4, 0.5) is 5.69 Å². The maximum atomic E-state index is 11.9. The Bertz CT molecular complexity index is 499. The highest BCUT2D eigenvalue weighted by atomic mass is 79.9. The largest absolute Gasteiger partial charge is 0.495 e. The average Bonchev–Trinajstić information content (AvgIpc) is 2.46. The van der Waals surface area contributed by atoms with Crippen LogP contribution in [0, 0.1) is 0 Å². The molecule has 0 amide bonds. The minimum atomic E-state index is -0.390. The van der Waals surface area contributed by atoms with E-state index >= 15 is 0 Å². The smallest absolute Gasteiger partial charge is 0.341 e. The van der Waals surface area contributed by atoms with E-state index < -0.39 is 5.97 Å². The van der Waals surface area contributed by atoms with Crippen molar-refractivity contribution in [2.75, 3.05) is 52.3 Å². The van der Waals surface area contributed by atoms with Crippen LogP contribution in [0.5, 0.6) is 5.75 Å². The molecule has 0 spiro atoms. The van der Waals surface area contributed by atoms with Gasteiger partial charge in [-0.1, -0.05) is 0 Å². The summed E-state index contributed by atoms with van der Waals surface area (Å²) in [6, 6.07) is 3.82. The van der Waals surface area contributed by atoms with Gasteiger partial charge >= 0.3 is 5.97 Å². The Hall–Kier alpha value is -1.27. The first-order chi connectivity index (χ1) is 9.56. The normalized spacial score (nSPS) is 16.1. The summed E-state index contributed by atoms with van der Waals surface area (Å²) in [5, 5.41) is 0. The number of benzene rings is 1. The monoisotopic (exact) mass is 342 g/mol. The Morgan fingerprint density at radius 3 is 2.40 bits per heavy atom. The van der Waals surface area contributed by atoms with Crippen LogP contribution in [-0.2, 0) is 4.74 Å². The summed E-state index contributed by atoms with van der Waals surface area (Å²) in [5.74, 6) is 0.119. The SMILES string of the molecule is COC(=O)c1cc(N2CCN(C)CC2)cc(Br)c1OC. The number of carbonyl (C=O) groups excluding carboxylic acids is 1. The van der Waals surface area contributed by atoms with Gasteiger partial charge in [0.15, 0.2) is 0 Å². The summed E-state index contributed by atoms with van der Waals surface area (Å²) in [6.07, 6.45) is 0. The van der Waals surface area contributed by atoms with Crippen molar-refractivity contribution in [1.82, 2.24) is 4.90 Å². The van der Waals surface area contributed by atoms with Crippen LogP contribution in [0.15, 0.2) is 16.6 Å². The summed E-state index contributed by atoms with van der Waals surface area (Å²) < 4.78 is 10.9. The predicted molar refractivity (Wildman–Crippen MR) is 81.7 cm³/mol. The molecule has 0 bridgehead atoms. The van der Waals surface area contributed by atoms with E-state index in [0.717, 1.165) is 36.3 Å². The van der Waals surface area contributed by atoms with Crippen molar-refractivity contribution >= 4 is 27.6 Å².